The van der Waals surface area contributed by atoms with E-state index >= 15 is 0 Å². The van der Waals surface area contributed by atoms with Crippen molar-refractivity contribution in [2.75, 3.05) is 0 Å². The molecule has 1 unspecified atom stereocenters. The lowest BCUT2D eigenvalue weighted by molar-refractivity contribution is 0.0503. The van der Waals surface area contributed by atoms with Gasteiger partial charge in [-0.15, -0.1) is 0 Å². The topological polar surface area (TPSA) is 121 Å². The highest BCUT2D eigenvalue weighted by Crippen LogP contribution is 2.41. The van der Waals surface area contributed by atoms with Gasteiger partial charge in [0.05, 0.1) is 40.4 Å². The quantitative estimate of drug-likeness (QED) is 0.323. The van der Waals surface area contributed by atoms with Crippen molar-refractivity contribution < 1.29 is 23.1 Å². The van der Waals surface area contributed by atoms with E-state index in [1.165, 1.54) is 3.97 Å². The first-order valence-corrected chi connectivity index (χ1v) is 14.5. The Labute approximate surface area is 233 Å². The summed E-state index contributed by atoms with van der Waals surface area (Å²) in [6.45, 7) is 7.02. The molecule has 9 heteroatoms. The number of aromatic nitrogens is 1. The van der Waals surface area contributed by atoms with Crippen LogP contribution in [0.1, 0.15) is 61.1 Å². The number of nitriles is 1. The van der Waals surface area contributed by atoms with E-state index in [1.54, 1.807) is 69.3 Å². The minimum atomic E-state index is -4.05. The zero-order valence-electron chi connectivity index (χ0n) is 22.9. The third-order valence-electron chi connectivity index (χ3n) is 7.00. The first-order chi connectivity index (χ1) is 18.9. The zero-order chi connectivity index (χ0) is 28.8. The maximum Gasteiger partial charge on any atom is 0.408 e. The van der Waals surface area contributed by atoms with E-state index in [-0.39, 0.29) is 17.5 Å². The number of ether oxygens (including phenoxy) is 1. The van der Waals surface area contributed by atoms with Crippen LogP contribution in [-0.2, 0) is 27.8 Å². The molecule has 0 aliphatic heterocycles. The monoisotopic (exact) mass is 557 g/mol. The molecule has 0 spiro atoms. The predicted molar refractivity (Wildman–Crippen MR) is 152 cm³/mol. The van der Waals surface area contributed by atoms with Crippen LogP contribution in [-0.4, -0.2) is 29.2 Å². The van der Waals surface area contributed by atoms with Crippen molar-refractivity contribution in [3.8, 4) is 17.3 Å². The summed E-state index contributed by atoms with van der Waals surface area (Å²) >= 11 is 0. The van der Waals surface area contributed by atoms with E-state index in [0.717, 1.165) is 22.1 Å². The van der Waals surface area contributed by atoms with Gasteiger partial charge in [0.25, 0.3) is 10.0 Å². The van der Waals surface area contributed by atoms with Crippen LogP contribution in [0.25, 0.3) is 22.2 Å². The fourth-order valence-electron chi connectivity index (χ4n) is 5.25. The summed E-state index contributed by atoms with van der Waals surface area (Å²) in [6, 6.07) is 18.9. The Morgan fingerprint density at radius 1 is 1.12 bits per heavy atom. The molecule has 1 amide bonds. The van der Waals surface area contributed by atoms with Crippen molar-refractivity contribution >= 4 is 27.0 Å². The second-order valence-corrected chi connectivity index (χ2v) is 12.9. The number of nitrogens with zero attached hydrogens (tertiary/aromatic N) is 2. The molecule has 0 bridgehead atoms. The standard InChI is InChI=1S/C31H31N3O5S/c1-19-5-7-23(8-6-19)40(37,38)34-28-12-10-25-24(9-11-27(25)33-30(36)39-31(2,3)4)26(28)16-29(34)22-14-20(17-32)13-21(15-22)18-35/h5-8,10,12-16,27,35H,9,11,18H2,1-4H3,(H,33,36). The molecule has 0 radical (unpaired) electrons. The van der Waals surface area contributed by atoms with Gasteiger partial charge >= 0.3 is 6.09 Å². The maximum atomic E-state index is 14.1. The first kappa shape index (κ1) is 27.4. The smallest absolute Gasteiger partial charge is 0.408 e. The number of nitrogens with one attached hydrogen (secondary N) is 1. The number of aliphatic hydroxyl groups is 1. The Kier molecular flexibility index (Phi) is 6.94. The van der Waals surface area contributed by atoms with Crippen molar-refractivity contribution in [1.29, 1.82) is 5.26 Å². The molecule has 2 N–H and O–H groups in total. The number of hydrogen-bond donors (Lipinski definition) is 2. The Morgan fingerprint density at radius 3 is 2.50 bits per heavy atom. The lowest BCUT2D eigenvalue weighted by Gasteiger charge is -2.22. The van der Waals surface area contributed by atoms with Crippen molar-refractivity contribution in [3.63, 3.8) is 0 Å². The Morgan fingerprint density at radius 2 is 1.85 bits per heavy atom. The van der Waals surface area contributed by atoms with Crippen LogP contribution in [0, 0.1) is 18.3 Å². The van der Waals surface area contributed by atoms with Crippen molar-refractivity contribution in [2.24, 2.45) is 0 Å². The maximum absolute atomic E-state index is 14.1. The molecule has 1 aromatic heterocycles. The van der Waals surface area contributed by atoms with Crippen LogP contribution >= 0.6 is 0 Å². The van der Waals surface area contributed by atoms with Crippen LogP contribution in [0.4, 0.5) is 4.79 Å². The highest BCUT2D eigenvalue weighted by Gasteiger charge is 2.31. The van der Waals surface area contributed by atoms with Crippen LogP contribution in [0.2, 0.25) is 0 Å². The van der Waals surface area contributed by atoms with E-state index in [0.29, 0.717) is 40.7 Å². The van der Waals surface area contributed by atoms with Gasteiger partial charge < -0.3 is 15.2 Å². The molecule has 0 fully saturated rings. The number of hydrogen-bond acceptors (Lipinski definition) is 6. The van der Waals surface area contributed by atoms with Crippen molar-refractivity contribution in [1.82, 2.24) is 9.29 Å². The van der Waals surface area contributed by atoms with Gasteiger partial charge in [-0.25, -0.2) is 17.2 Å². The largest absolute Gasteiger partial charge is 0.444 e. The van der Waals surface area contributed by atoms with E-state index in [4.69, 9.17) is 4.74 Å². The van der Waals surface area contributed by atoms with E-state index in [1.807, 2.05) is 19.1 Å². The molecule has 1 heterocycles. The minimum Gasteiger partial charge on any atom is -0.444 e. The third-order valence-corrected chi connectivity index (χ3v) is 8.74. The number of amides is 1. The van der Waals surface area contributed by atoms with E-state index in [9.17, 15) is 23.6 Å². The molecular weight excluding hydrogens is 526 g/mol. The molecule has 1 aliphatic rings. The molecule has 40 heavy (non-hydrogen) atoms. The third kappa shape index (κ3) is 5.08. The number of carbonyl (C=O) groups is 1. The van der Waals surface area contributed by atoms with Crippen LogP contribution in [0.15, 0.2) is 65.6 Å². The summed E-state index contributed by atoms with van der Waals surface area (Å²) in [5.74, 6) is 0. The molecule has 3 aromatic carbocycles. The number of aryl methyl sites for hydroxylation is 2. The molecule has 0 saturated heterocycles. The average molecular weight is 558 g/mol. The van der Waals surface area contributed by atoms with Crippen LogP contribution in [0.5, 0.6) is 0 Å². The second kappa shape index (κ2) is 10.1. The number of carbonyl (C=O) groups excluding carboxylic acids is 1. The SMILES string of the molecule is Cc1ccc(S(=O)(=O)n2c(-c3cc(C#N)cc(CO)c3)cc3c4c(ccc32)C(NC(=O)OC(C)(C)C)CC4)cc1. The minimum absolute atomic E-state index is 0.139. The molecule has 8 nitrogen and oxygen atoms in total. The summed E-state index contributed by atoms with van der Waals surface area (Å²) < 4.78 is 35.0. The molecule has 5 rings (SSSR count). The lowest BCUT2D eigenvalue weighted by Crippen LogP contribution is -2.34. The van der Waals surface area contributed by atoms with E-state index in [2.05, 4.69) is 11.4 Å². The highest BCUT2D eigenvalue weighted by atomic mass is 32.2. The molecular formula is C31H31N3O5S. The van der Waals surface area contributed by atoms with Gasteiger partial charge in [-0.05, 0) is 99.7 Å². The van der Waals surface area contributed by atoms with Crippen LogP contribution < -0.4 is 5.32 Å². The van der Waals surface area contributed by atoms with Gasteiger partial charge in [0.1, 0.15) is 5.60 Å². The van der Waals surface area contributed by atoms with Gasteiger partial charge in [-0.1, -0.05) is 23.8 Å². The number of alkyl carbamates (subject to hydrolysis) is 1. The van der Waals surface area contributed by atoms with Crippen LogP contribution in [0.3, 0.4) is 0 Å². The Bertz CT molecular complexity index is 1770. The number of fused-ring (bicyclic) bond motifs is 3. The summed E-state index contributed by atoms with van der Waals surface area (Å²) in [4.78, 5) is 12.6. The fourth-order valence-corrected chi connectivity index (χ4v) is 6.78. The summed E-state index contributed by atoms with van der Waals surface area (Å²) in [5, 5.41) is 23.1. The number of benzene rings is 3. The first-order valence-electron chi connectivity index (χ1n) is 13.1. The van der Waals surface area contributed by atoms with Gasteiger partial charge in [0.2, 0.25) is 0 Å². The molecule has 0 saturated carbocycles. The lowest BCUT2D eigenvalue weighted by atomic mass is 10.0. The normalized spacial score (nSPS) is 15.1. The fraction of sp³-hybridized carbons (Fsp3) is 0.290. The van der Waals surface area contributed by atoms with Gasteiger partial charge in [0, 0.05) is 10.9 Å². The molecule has 1 aliphatic carbocycles. The van der Waals surface area contributed by atoms with Gasteiger partial charge in [-0.2, -0.15) is 5.26 Å². The highest BCUT2D eigenvalue weighted by molar-refractivity contribution is 7.90. The summed E-state index contributed by atoms with van der Waals surface area (Å²) in [7, 11) is -4.05. The summed E-state index contributed by atoms with van der Waals surface area (Å²) in [5.41, 5.74) is 4.39. The molecule has 206 valence electrons. The Balaban J connectivity index is 1.71. The number of aliphatic hydroxyl groups excluding tert-OH is 1. The van der Waals surface area contributed by atoms with Gasteiger partial charge in [-0.3, -0.25) is 0 Å². The molecule has 1 atom stereocenters. The average Bonchev–Trinajstić information content (AvgIpc) is 3.49. The second-order valence-electron chi connectivity index (χ2n) is 11.1. The Hall–Kier alpha value is -4.13. The predicted octanol–water partition coefficient (Wildman–Crippen LogP) is 5.73. The van der Waals surface area contributed by atoms with E-state index < -0.39 is 21.7 Å². The number of rotatable bonds is 5. The summed E-state index contributed by atoms with van der Waals surface area (Å²) in [6.07, 6.45) is 0.786. The molecule has 4 aromatic rings. The van der Waals surface area contributed by atoms with Gasteiger partial charge in [0.15, 0.2) is 0 Å². The zero-order valence-corrected chi connectivity index (χ0v) is 23.7. The van der Waals surface area contributed by atoms with Crippen molar-refractivity contribution in [2.45, 2.75) is 63.7 Å². The van der Waals surface area contributed by atoms with Crippen molar-refractivity contribution in [3.05, 3.63) is 88.5 Å².